The van der Waals surface area contributed by atoms with Crippen molar-refractivity contribution in [2.24, 2.45) is 23.5 Å². The summed E-state index contributed by atoms with van der Waals surface area (Å²) in [6, 6.07) is 8.31. The van der Waals surface area contributed by atoms with Crippen molar-refractivity contribution in [3.63, 3.8) is 0 Å². The first kappa shape index (κ1) is 13.5. The lowest BCUT2D eigenvalue weighted by Gasteiger charge is -2.41. The monoisotopic (exact) mass is 277 g/mol. The molecule has 0 aliphatic heterocycles. The van der Waals surface area contributed by atoms with Crippen molar-refractivity contribution in [3.8, 4) is 0 Å². The van der Waals surface area contributed by atoms with Crippen molar-refractivity contribution in [1.29, 1.82) is 0 Å². The van der Waals surface area contributed by atoms with Crippen LogP contribution in [0.5, 0.6) is 0 Å². The first-order chi connectivity index (χ1) is 9.24. The maximum atomic E-state index is 6.50. The standard InChI is InChI=1S/C17H24ClN/c18-16-9-7-13(8-10-16)17(19)15-6-5-12-3-1-2-4-14(12)11-15/h7-10,12,14-15,17H,1-6,11,19H2. The van der Waals surface area contributed by atoms with E-state index in [1.54, 1.807) is 0 Å². The fraction of sp³-hybridized carbons (Fsp3) is 0.647. The summed E-state index contributed by atoms with van der Waals surface area (Å²) >= 11 is 5.95. The Labute approximate surface area is 121 Å². The van der Waals surface area contributed by atoms with Crippen LogP contribution in [0, 0.1) is 17.8 Å². The Balaban J connectivity index is 1.67. The molecule has 0 bridgehead atoms. The molecule has 0 spiro atoms. The molecule has 0 aromatic heterocycles. The van der Waals surface area contributed by atoms with Crippen molar-refractivity contribution < 1.29 is 0 Å². The highest BCUT2D eigenvalue weighted by molar-refractivity contribution is 6.30. The van der Waals surface area contributed by atoms with E-state index in [4.69, 9.17) is 17.3 Å². The summed E-state index contributed by atoms with van der Waals surface area (Å²) < 4.78 is 0. The van der Waals surface area contributed by atoms with E-state index >= 15 is 0 Å². The van der Waals surface area contributed by atoms with Crippen LogP contribution in [0.4, 0.5) is 0 Å². The van der Waals surface area contributed by atoms with Gasteiger partial charge in [0.15, 0.2) is 0 Å². The Morgan fingerprint density at radius 3 is 2.37 bits per heavy atom. The lowest BCUT2D eigenvalue weighted by atomic mass is 9.65. The van der Waals surface area contributed by atoms with E-state index in [1.165, 1.54) is 50.5 Å². The third kappa shape index (κ3) is 2.98. The van der Waals surface area contributed by atoms with Crippen LogP contribution in [-0.2, 0) is 0 Å². The summed E-state index contributed by atoms with van der Waals surface area (Å²) in [4.78, 5) is 0. The Bertz CT molecular complexity index is 414. The Kier molecular flexibility index (Phi) is 4.14. The Hall–Kier alpha value is -0.530. The number of hydrogen-bond acceptors (Lipinski definition) is 1. The van der Waals surface area contributed by atoms with E-state index in [1.807, 2.05) is 12.1 Å². The molecule has 2 N–H and O–H groups in total. The second-order valence-electron chi connectivity index (χ2n) is 6.46. The maximum Gasteiger partial charge on any atom is 0.0406 e. The van der Waals surface area contributed by atoms with Crippen molar-refractivity contribution >= 4 is 11.6 Å². The van der Waals surface area contributed by atoms with Crippen molar-refractivity contribution in [3.05, 3.63) is 34.9 Å². The summed E-state index contributed by atoms with van der Waals surface area (Å²) in [5.41, 5.74) is 7.75. The van der Waals surface area contributed by atoms with Crippen molar-refractivity contribution in [1.82, 2.24) is 0 Å². The Morgan fingerprint density at radius 1 is 0.947 bits per heavy atom. The maximum absolute atomic E-state index is 6.50. The van der Waals surface area contributed by atoms with Crippen molar-refractivity contribution in [2.45, 2.75) is 51.0 Å². The molecular weight excluding hydrogens is 254 g/mol. The zero-order chi connectivity index (χ0) is 13.2. The lowest BCUT2D eigenvalue weighted by Crippen LogP contribution is -2.33. The highest BCUT2D eigenvalue weighted by Gasteiger charge is 2.34. The zero-order valence-corrected chi connectivity index (χ0v) is 12.3. The number of rotatable bonds is 2. The van der Waals surface area contributed by atoms with E-state index in [0.29, 0.717) is 5.92 Å². The molecule has 2 saturated carbocycles. The molecular formula is C17H24ClN. The van der Waals surface area contributed by atoms with Gasteiger partial charge in [-0.1, -0.05) is 49.4 Å². The smallest absolute Gasteiger partial charge is 0.0406 e. The highest BCUT2D eigenvalue weighted by Crippen LogP contribution is 2.45. The van der Waals surface area contributed by atoms with Gasteiger partial charge in [0.05, 0.1) is 0 Å². The van der Waals surface area contributed by atoms with Crippen molar-refractivity contribution in [2.75, 3.05) is 0 Å². The quantitative estimate of drug-likeness (QED) is 0.813. The van der Waals surface area contributed by atoms with Gasteiger partial charge in [-0.3, -0.25) is 0 Å². The number of hydrogen-bond donors (Lipinski definition) is 1. The summed E-state index contributed by atoms with van der Waals surface area (Å²) in [5, 5.41) is 0.798. The van der Waals surface area contributed by atoms with Gasteiger partial charge in [0.1, 0.15) is 0 Å². The molecule has 1 aromatic carbocycles. The lowest BCUT2D eigenvalue weighted by molar-refractivity contribution is 0.117. The zero-order valence-electron chi connectivity index (χ0n) is 11.5. The molecule has 2 aliphatic rings. The van der Waals surface area contributed by atoms with E-state index in [0.717, 1.165) is 16.9 Å². The number of benzene rings is 1. The summed E-state index contributed by atoms with van der Waals surface area (Å²) in [6.07, 6.45) is 9.84. The number of fused-ring (bicyclic) bond motifs is 1. The summed E-state index contributed by atoms with van der Waals surface area (Å²) in [7, 11) is 0. The molecule has 2 fully saturated rings. The highest BCUT2D eigenvalue weighted by atomic mass is 35.5. The number of halogens is 1. The van der Waals surface area contributed by atoms with Gasteiger partial charge in [0.2, 0.25) is 0 Å². The van der Waals surface area contributed by atoms with Crippen LogP contribution in [0.25, 0.3) is 0 Å². The molecule has 0 amide bonds. The predicted octanol–water partition coefficient (Wildman–Crippen LogP) is 4.95. The van der Waals surface area contributed by atoms with Crippen LogP contribution in [0.1, 0.15) is 56.6 Å². The van der Waals surface area contributed by atoms with Gasteiger partial charge in [-0.25, -0.2) is 0 Å². The summed E-state index contributed by atoms with van der Waals surface area (Å²) in [5.74, 6) is 2.62. The fourth-order valence-electron chi connectivity index (χ4n) is 4.19. The van der Waals surface area contributed by atoms with Gasteiger partial charge in [0.25, 0.3) is 0 Å². The predicted molar refractivity (Wildman–Crippen MR) is 81.2 cm³/mol. The van der Waals surface area contributed by atoms with E-state index in [2.05, 4.69) is 12.1 Å². The topological polar surface area (TPSA) is 26.0 Å². The van der Waals surface area contributed by atoms with Gasteiger partial charge in [-0.2, -0.15) is 0 Å². The minimum absolute atomic E-state index is 0.195. The minimum Gasteiger partial charge on any atom is -0.324 e. The molecule has 2 aliphatic carbocycles. The van der Waals surface area contributed by atoms with E-state index < -0.39 is 0 Å². The molecule has 4 atom stereocenters. The Morgan fingerprint density at radius 2 is 1.63 bits per heavy atom. The number of nitrogens with two attached hydrogens (primary N) is 1. The molecule has 1 aromatic rings. The van der Waals surface area contributed by atoms with E-state index in [9.17, 15) is 0 Å². The SMILES string of the molecule is NC(c1ccc(Cl)cc1)C1CCC2CCCCC2C1. The largest absolute Gasteiger partial charge is 0.324 e. The van der Waals surface area contributed by atoms with Crippen LogP contribution < -0.4 is 5.73 Å². The first-order valence-corrected chi connectivity index (χ1v) is 8.13. The summed E-state index contributed by atoms with van der Waals surface area (Å²) in [6.45, 7) is 0. The van der Waals surface area contributed by atoms with Gasteiger partial charge in [-0.15, -0.1) is 0 Å². The molecule has 2 heteroatoms. The molecule has 3 rings (SSSR count). The molecule has 1 nitrogen and oxygen atoms in total. The van der Waals surface area contributed by atoms with Crippen LogP contribution in [-0.4, -0.2) is 0 Å². The van der Waals surface area contributed by atoms with Crippen LogP contribution in [0.3, 0.4) is 0 Å². The van der Waals surface area contributed by atoms with Crippen LogP contribution in [0.2, 0.25) is 5.02 Å². The van der Waals surface area contributed by atoms with Gasteiger partial charge in [0, 0.05) is 11.1 Å². The average molecular weight is 278 g/mol. The molecule has 0 heterocycles. The van der Waals surface area contributed by atoms with Crippen LogP contribution in [0.15, 0.2) is 24.3 Å². The average Bonchev–Trinajstić information content (AvgIpc) is 2.47. The third-order valence-electron chi connectivity index (χ3n) is 5.34. The molecule has 0 radical (unpaired) electrons. The second-order valence-corrected chi connectivity index (χ2v) is 6.89. The third-order valence-corrected chi connectivity index (χ3v) is 5.59. The minimum atomic E-state index is 0.195. The van der Waals surface area contributed by atoms with Crippen LogP contribution >= 0.6 is 11.6 Å². The first-order valence-electron chi connectivity index (χ1n) is 7.75. The normalized spacial score (nSPS) is 32.6. The second kappa shape index (κ2) is 5.85. The molecule has 104 valence electrons. The van der Waals surface area contributed by atoms with Gasteiger partial charge in [-0.05, 0) is 54.7 Å². The van der Waals surface area contributed by atoms with Gasteiger partial charge >= 0.3 is 0 Å². The fourth-order valence-corrected chi connectivity index (χ4v) is 4.32. The molecule has 0 saturated heterocycles. The molecule has 4 unspecified atom stereocenters. The molecule has 19 heavy (non-hydrogen) atoms. The van der Waals surface area contributed by atoms with Gasteiger partial charge < -0.3 is 5.73 Å². The van der Waals surface area contributed by atoms with E-state index in [-0.39, 0.29) is 6.04 Å².